The lowest BCUT2D eigenvalue weighted by Crippen LogP contribution is -2.44. The Kier molecular flexibility index (Phi) is 3.45. The van der Waals surface area contributed by atoms with Gasteiger partial charge in [0.05, 0.1) is 17.3 Å². The zero-order valence-electron chi connectivity index (χ0n) is 12.8. The Hall–Kier alpha value is -1.88. The summed E-state index contributed by atoms with van der Waals surface area (Å²) in [7, 11) is 0. The number of nitrogens with zero attached hydrogens (tertiary/aromatic N) is 3. The second-order valence-corrected chi connectivity index (χ2v) is 6.43. The first kappa shape index (κ1) is 14.1. The quantitative estimate of drug-likeness (QED) is 0.936. The summed E-state index contributed by atoms with van der Waals surface area (Å²) in [5.74, 6) is -0.0165. The molecule has 2 aromatic rings. The molecule has 0 bridgehead atoms. The molecule has 112 valence electrons. The van der Waals surface area contributed by atoms with Gasteiger partial charge in [-0.15, -0.1) is 0 Å². The van der Waals surface area contributed by atoms with Gasteiger partial charge >= 0.3 is 0 Å². The fourth-order valence-electron chi connectivity index (χ4n) is 3.12. The zero-order chi connectivity index (χ0) is 15.0. The minimum Gasteiger partial charge on any atom is -0.347 e. The third-order valence-electron chi connectivity index (χ3n) is 4.45. The van der Waals surface area contributed by atoms with Crippen molar-refractivity contribution in [2.24, 2.45) is 5.41 Å². The number of carbonyl (C=O) groups excluding carboxylic acids is 1. The van der Waals surface area contributed by atoms with E-state index in [4.69, 9.17) is 0 Å². The Balaban J connectivity index is 1.82. The standard InChI is InChI=1S/C16H22N4O/c1-4-19-10-14(16(2,3)11-19)18-15(21)12-6-5-9-20-13(12)7-8-17-20/h5-9,14H,4,10-11H2,1-3H3,(H,18,21). The van der Waals surface area contributed by atoms with E-state index in [9.17, 15) is 4.79 Å². The normalized spacial score (nSPS) is 21.8. The number of aromatic nitrogens is 2. The van der Waals surface area contributed by atoms with Crippen LogP contribution in [0.3, 0.4) is 0 Å². The SMILES string of the molecule is CCN1CC(NC(=O)c2cccn3nccc23)C(C)(C)C1. The predicted molar refractivity (Wildman–Crippen MR) is 82.3 cm³/mol. The Morgan fingerprint density at radius 3 is 3.00 bits per heavy atom. The first-order chi connectivity index (χ1) is 10.0. The second kappa shape index (κ2) is 5.15. The van der Waals surface area contributed by atoms with Crippen molar-refractivity contribution in [3.63, 3.8) is 0 Å². The summed E-state index contributed by atoms with van der Waals surface area (Å²) >= 11 is 0. The van der Waals surface area contributed by atoms with Crippen LogP contribution in [0, 0.1) is 5.41 Å². The van der Waals surface area contributed by atoms with Gasteiger partial charge in [-0.25, -0.2) is 4.52 Å². The lowest BCUT2D eigenvalue weighted by atomic mass is 9.87. The topological polar surface area (TPSA) is 49.6 Å². The maximum atomic E-state index is 12.6. The maximum Gasteiger partial charge on any atom is 0.253 e. The van der Waals surface area contributed by atoms with E-state index in [0.29, 0.717) is 5.56 Å². The number of hydrogen-bond donors (Lipinski definition) is 1. The van der Waals surface area contributed by atoms with Crippen LogP contribution in [0.2, 0.25) is 0 Å². The molecule has 0 aliphatic carbocycles. The molecule has 1 unspecified atom stereocenters. The largest absolute Gasteiger partial charge is 0.347 e. The molecule has 0 saturated carbocycles. The molecule has 1 atom stereocenters. The number of nitrogens with one attached hydrogen (secondary N) is 1. The van der Waals surface area contributed by atoms with Crippen LogP contribution in [-0.2, 0) is 0 Å². The number of fused-ring (bicyclic) bond motifs is 1. The molecule has 1 aliphatic rings. The fourth-order valence-corrected chi connectivity index (χ4v) is 3.12. The fraction of sp³-hybridized carbons (Fsp3) is 0.500. The summed E-state index contributed by atoms with van der Waals surface area (Å²) in [4.78, 5) is 15.0. The average Bonchev–Trinajstić information content (AvgIpc) is 3.03. The molecule has 1 aliphatic heterocycles. The van der Waals surface area contributed by atoms with Gasteiger partial charge in [0.2, 0.25) is 0 Å². The molecule has 1 saturated heterocycles. The third kappa shape index (κ3) is 2.53. The summed E-state index contributed by atoms with van der Waals surface area (Å²) in [5.41, 5.74) is 1.62. The van der Waals surface area contributed by atoms with Gasteiger partial charge in [-0.05, 0) is 30.2 Å². The number of hydrogen-bond acceptors (Lipinski definition) is 3. The van der Waals surface area contributed by atoms with E-state index in [1.807, 2.05) is 24.4 Å². The average molecular weight is 286 g/mol. The van der Waals surface area contributed by atoms with Crippen LogP contribution in [0.25, 0.3) is 5.52 Å². The van der Waals surface area contributed by atoms with E-state index in [1.54, 1.807) is 10.7 Å². The van der Waals surface area contributed by atoms with E-state index < -0.39 is 0 Å². The van der Waals surface area contributed by atoms with Gasteiger partial charge in [0, 0.05) is 25.3 Å². The summed E-state index contributed by atoms with van der Waals surface area (Å²) in [6.45, 7) is 9.55. The monoisotopic (exact) mass is 286 g/mol. The summed E-state index contributed by atoms with van der Waals surface area (Å²) < 4.78 is 1.73. The summed E-state index contributed by atoms with van der Waals surface area (Å²) in [6.07, 6.45) is 3.56. The van der Waals surface area contributed by atoms with Crippen molar-refractivity contribution in [2.75, 3.05) is 19.6 Å². The minimum absolute atomic E-state index is 0.0165. The van der Waals surface area contributed by atoms with Crippen LogP contribution in [-0.4, -0.2) is 46.1 Å². The molecule has 3 rings (SSSR count). The first-order valence-corrected chi connectivity index (χ1v) is 7.47. The number of carbonyl (C=O) groups is 1. The highest BCUT2D eigenvalue weighted by Crippen LogP contribution is 2.29. The van der Waals surface area contributed by atoms with Crippen molar-refractivity contribution in [1.29, 1.82) is 0 Å². The molecule has 0 aromatic carbocycles. The summed E-state index contributed by atoms with van der Waals surface area (Å²) in [5, 5.41) is 7.39. The van der Waals surface area contributed by atoms with Crippen LogP contribution in [0.5, 0.6) is 0 Å². The molecule has 0 radical (unpaired) electrons. The van der Waals surface area contributed by atoms with Crippen LogP contribution in [0.1, 0.15) is 31.1 Å². The van der Waals surface area contributed by atoms with Crippen molar-refractivity contribution >= 4 is 11.4 Å². The van der Waals surface area contributed by atoms with Crippen molar-refractivity contribution in [1.82, 2.24) is 19.8 Å². The van der Waals surface area contributed by atoms with E-state index in [0.717, 1.165) is 25.2 Å². The lowest BCUT2D eigenvalue weighted by molar-refractivity contribution is 0.0917. The Bertz CT molecular complexity index is 661. The van der Waals surface area contributed by atoms with Crippen LogP contribution in [0.4, 0.5) is 0 Å². The lowest BCUT2D eigenvalue weighted by Gasteiger charge is -2.26. The van der Waals surface area contributed by atoms with Gasteiger partial charge < -0.3 is 10.2 Å². The first-order valence-electron chi connectivity index (χ1n) is 7.47. The summed E-state index contributed by atoms with van der Waals surface area (Å²) in [6, 6.07) is 5.75. The van der Waals surface area contributed by atoms with Crippen LogP contribution >= 0.6 is 0 Å². The number of rotatable bonds is 3. The highest BCUT2D eigenvalue weighted by atomic mass is 16.1. The van der Waals surface area contributed by atoms with Gasteiger partial charge in [0.25, 0.3) is 5.91 Å². The maximum absolute atomic E-state index is 12.6. The highest BCUT2D eigenvalue weighted by molar-refractivity contribution is 6.00. The van der Waals surface area contributed by atoms with Gasteiger partial charge in [-0.2, -0.15) is 5.10 Å². The van der Waals surface area contributed by atoms with Crippen molar-refractivity contribution in [3.8, 4) is 0 Å². The molecule has 2 aromatic heterocycles. The zero-order valence-corrected chi connectivity index (χ0v) is 12.8. The molecule has 21 heavy (non-hydrogen) atoms. The smallest absolute Gasteiger partial charge is 0.253 e. The van der Waals surface area contributed by atoms with Crippen molar-refractivity contribution in [3.05, 3.63) is 36.2 Å². The molecular formula is C16H22N4O. The van der Waals surface area contributed by atoms with Gasteiger partial charge in [-0.3, -0.25) is 4.79 Å². The number of amides is 1. The van der Waals surface area contributed by atoms with Crippen LogP contribution < -0.4 is 5.32 Å². The minimum atomic E-state index is -0.0165. The molecular weight excluding hydrogens is 264 g/mol. The third-order valence-corrected chi connectivity index (χ3v) is 4.45. The molecule has 1 N–H and O–H groups in total. The van der Waals surface area contributed by atoms with Crippen molar-refractivity contribution in [2.45, 2.75) is 26.8 Å². The number of likely N-dealkylation sites (N-methyl/N-ethyl adjacent to an activating group) is 1. The number of likely N-dealkylation sites (tertiary alicyclic amines) is 1. The Morgan fingerprint density at radius 2 is 2.29 bits per heavy atom. The Labute approximate surface area is 124 Å². The van der Waals surface area contributed by atoms with Crippen LogP contribution in [0.15, 0.2) is 30.6 Å². The van der Waals surface area contributed by atoms with Crippen molar-refractivity contribution < 1.29 is 4.79 Å². The van der Waals surface area contributed by atoms with E-state index in [-0.39, 0.29) is 17.4 Å². The molecule has 1 fully saturated rings. The van der Waals surface area contributed by atoms with Gasteiger partial charge in [0.1, 0.15) is 0 Å². The van der Waals surface area contributed by atoms with E-state index in [2.05, 4.69) is 36.1 Å². The molecule has 1 amide bonds. The molecule has 3 heterocycles. The molecule has 5 nitrogen and oxygen atoms in total. The molecule has 0 spiro atoms. The predicted octanol–water partition coefficient (Wildman–Crippen LogP) is 1.79. The van der Waals surface area contributed by atoms with E-state index in [1.165, 1.54) is 0 Å². The van der Waals surface area contributed by atoms with Gasteiger partial charge in [-0.1, -0.05) is 20.8 Å². The molecule has 5 heteroatoms. The number of pyridine rings is 1. The Morgan fingerprint density at radius 1 is 1.48 bits per heavy atom. The van der Waals surface area contributed by atoms with Gasteiger partial charge in [0.15, 0.2) is 0 Å². The second-order valence-electron chi connectivity index (χ2n) is 6.43. The van der Waals surface area contributed by atoms with E-state index >= 15 is 0 Å². The highest BCUT2D eigenvalue weighted by Gasteiger charge is 2.39.